The average molecular weight is 283 g/mol. The molecule has 106 valence electrons. The van der Waals surface area contributed by atoms with E-state index in [-0.39, 0.29) is 5.75 Å². The van der Waals surface area contributed by atoms with Gasteiger partial charge in [-0.3, -0.25) is 0 Å². The van der Waals surface area contributed by atoms with E-state index < -0.39 is 5.97 Å². The first-order chi connectivity index (χ1) is 10.2. The highest BCUT2D eigenvalue weighted by Crippen LogP contribution is 2.30. The highest BCUT2D eigenvalue weighted by atomic mass is 16.5. The maximum Gasteiger partial charge on any atom is 0.340 e. The second kappa shape index (κ2) is 5.24. The van der Waals surface area contributed by atoms with Gasteiger partial charge in [0.25, 0.3) is 0 Å². The topological polar surface area (TPSA) is 88.1 Å². The van der Waals surface area contributed by atoms with Gasteiger partial charge in [0, 0.05) is 11.8 Å². The third-order valence-corrected chi connectivity index (χ3v) is 3.08. The number of esters is 1. The molecule has 0 radical (unpaired) electrons. The van der Waals surface area contributed by atoms with Gasteiger partial charge in [-0.05, 0) is 19.1 Å². The number of ether oxygens (including phenoxy) is 1. The van der Waals surface area contributed by atoms with Gasteiger partial charge < -0.3 is 14.8 Å². The Hall–Kier alpha value is -2.89. The third kappa shape index (κ3) is 2.31. The first-order valence-electron chi connectivity index (χ1n) is 6.49. The second-order valence-corrected chi connectivity index (χ2v) is 4.42. The first-order valence-corrected chi connectivity index (χ1v) is 6.49. The Morgan fingerprint density at radius 2 is 2.24 bits per heavy atom. The third-order valence-electron chi connectivity index (χ3n) is 3.08. The SMILES string of the molecule is CCOC(=O)c1c[nH]c2ncnc(-c3cccc(O)c3)c12. The minimum atomic E-state index is -0.431. The number of carbonyl (C=O) groups is 1. The Balaban J connectivity index is 2.23. The zero-order chi connectivity index (χ0) is 14.8. The van der Waals surface area contributed by atoms with E-state index in [0.717, 1.165) is 0 Å². The summed E-state index contributed by atoms with van der Waals surface area (Å²) in [6.07, 6.45) is 2.97. The fraction of sp³-hybridized carbons (Fsp3) is 0.133. The number of H-pyrrole nitrogens is 1. The lowest BCUT2D eigenvalue weighted by molar-refractivity contribution is 0.0528. The summed E-state index contributed by atoms with van der Waals surface area (Å²) in [6, 6.07) is 6.69. The Bertz CT molecular complexity index is 811. The second-order valence-electron chi connectivity index (χ2n) is 4.42. The number of phenols is 1. The molecule has 3 aromatic rings. The maximum atomic E-state index is 12.0. The molecule has 0 bridgehead atoms. The van der Waals surface area contributed by atoms with E-state index >= 15 is 0 Å². The zero-order valence-electron chi connectivity index (χ0n) is 11.3. The molecule has 0 unspecified atom stereocenters. The number of rotatable bonds is 3. The molecule has 6 nitrogen and oxygen atoms in total. The average Bonchev–Trinajstić information content (AvgIpc) is 2.91. The fourth-order valence-electron chi connectivity index (χ4n) is 2.20. The molecular weight excluding hydrogens is 270 g/mol. The van der Waals surface area contributed by atoms with Crippen LogP contribution in [0.1, 0.15) is 17.3 Å². The summed E-state index contributed by atoms with van der Waals surface area (Å²) < 4.78 is 5.05. The molecule has 0 aliphatic heterocycles. The number of benzene rings is 1. The van der Waals surface area contributed by atoms with Gasteiger partial charge in [0.15, 0.2) is 0 Å². The first kappa shape index (κ1) is 13.1. The molecule has 0 saturated heterocycles. The van der Waals surface area contributed by atoms with Crippen molar-refractivity contribution >= 4 is 17.0 Å². The Kier molecular flexibility index (Phi) is 3.27. The number of aromatic amines is 1. The predicted molar refractivity (Wildman–Crippen MR) is 76.9 cm³/mol. The fourth-order valence-corrected chi connectivity index (χ4v) is 2.20. The molecule has 6 heteroatoms. The molecule has 1 aromatic carbocycles. The summed E-state index contributed by atoms with van der Waals surface area (Å²) in [6.45, 7) is 2.04. The van der Waals surface area contributed by atoms with Crippen molar-refractivity contribution < 1.29 is 14.6 Å². The lowest BCUT2D eigenvalue weighted by atomic mass is 10.1. The Labute approximate surface area is 120 Å². The molecule has 0 saturated carbocycles. The van der Waals surface area contributed by atoms with E-state index in [0.29, 0.717) is 34.5 Å². The number of fused-ring (bicyclic) bond motifs is 1. The molecule has 0 spiro atoms. The van der Waals surface area contributed by atoms with E-state index in [4.69, 9.17) is 4.74 Å². The monoisotopic (exact) mass is 283 g/mol. The lowest BCUT2D eigenvalue weighted by Crippen LogP contribution is -2.04. The molecule has 2 heterocycles. The number of hydrogen-bond acceptors (Lipinski definition) is 5. The number of nitrogens with zero attached hydrogens (tertiary/aromatic N) is 2. The smallest absolute Gasteiger partial charge is 0.340 e. The van der Waals surface area contributed by atoms with Gasteiger partial charge in [-0.2, -0.15) is 0 Å². The Morgan fingerprint density at radius 1 is 1.38 bits per heavy atom. The number of aromatic hydroxyl groups is 1. The number of nitrogens with one attached hydrogen (secondary N) is 1. The molecule has 2 N–H and O–H groups in total. The van der Waals surface area contributed by atoms with Crippen LogP contribution in [0.3, 0.4) is 0 Å². The van der Waals surface area contributed by atoms with Crippen molar-refractivity contribution in [1.29, 1.82) is 0 Å². The van der Waals surface area contributed by atoms with Crippen molar-refractivity contribution in [2.75, 3.05) is 6.61 Å². The molecule has 0 amide bonds. The summed E-state index contributed by atoms with van der Waals surface area (Å²) in [5.41, 5.74) is 2.20. The van der Waals surface area contributed by atoms with Crippen LogP contribution in [-0.4, -0.2) is 32.6 Å². The molecule has 0 atom stereocenters. The van der Waals surface area contributed by atoms with Crippen LogP contribution in [0.2, 0.25) is 0 Å². The lowest BCUT2D eigenvalue weighted by Gasteiger charge is -2.05. The van der Waals surface area contributed by atoms with Crippen molar-refractivity contribution in [2.45, 2.75) is 6.92 Å². The highest BCUT2D eigenvalue weighted by Gasteiger charge is 2.18. The number of phenolic OH excluding ortho intramolecular Hbond substituents is 1. The zero-order valence-corrected chi connectivity index (χ0v) is 11.3. The molecule has 0 aliphatic carbocycles. The van der Waals surface area contributed by atoms with Gasteiger partial charge in [-0.15, -0.1) is 0 Å². The van der Waals surface area contributed by atoms with Gasteiger partial charge in [0.1, 0.15) is 17.7 Å². The molecule has 0 aliphatic rings. The number of carbonyl (C=O) groups excluding carboxylic acids is 1. The summed E-state index contributed by atoms with van der Waals surface area (Å²) in [4.78, 5) is 23.3. The van der Waals surface area contributed by atoms with Gasteiger partial charge >= 0.3 is 5.97 Å². The number of hydrogen-bond donors (Lipinski definition) is 2. The largest absolute Gasteiger partial charge is 0.508 e. The van der Waals surface area contributed by atoms with Crippen LogP contribution in [0.5, 0.6) is 5.75 Å². The van der Waals surface area contributed by atoms with Crippen LogP contribution in [0.4, 0.5) is 0 Å². The Morgan fingerprint density at radius 3 is 3.00 bits per heavy atom. The van der Waals surface area contributed by atoms with Crippen LogP contribution < -0.4 is 0 Å². The van der Waals surface area contributed by atoms with Crippen molar-refractivity contribution in [3.63, 3.8) is 0 Å². The summed E-state index contributed by atoms with van der Waals surface area (Å²) in [5, 5.41) is 10.2. The molecule has 2 aromatic heterocycles. The van der Waals surface area contributed by atoms with Gasteiger partial charge in [0.2, 0.25) is 0 Å². The quantitative estimate of drug-likeness (QED) is 0.721. The summed E-state index contributed by atoms with van der Waals surface area (Å²) in [5.74, 6) is -0.299. The van der Waals surface area contributed by atoms with Crippen LogP contribution in [0, 0.1) is 0 Å². The van der Waals surface area contributed by atoms with E-state index in [1.807, 2.05) is 6.07 Å². The standard InChI is InChI=1S/C15H13N3O3/c1-2-21-15(20)11-7-16-14-12(11)13(17-8-18-14)9-4-3-5-10(19)6-9/h3-8,19H,2H2,1H3,(H,16,17,18). The summed E-state index contributed by atoms with van der Waals surface area (Å²) in [7, 11) is 0. The van der Waals surface area contributed by atoms with Crippen LogP contribution in [0.25, 0.3) is 22.3 Å². The van der Waals surface area contributed by atoms with Crippen LogP contribution >= 0.6 is 0 Å². The van der Waals surface area contributed by atoms with Crippen molar-refractivity contribution in [2.24, 2.45) is 0 Å². The van der Waals surface area contributed by atoms with E-state index in [1.165, 1.54) is 6.33 Å². The van der Waals surface area contributed by atoms with Gasteiger partial charge in [-0.25, -0.2) is 14.8 Å². The predicted octanol–water partition coefficient (Wildman–Crippen LogP) is 2.51. The van der Waals surface area contributed by atoms with Crippen molar-refractivity contribution in [3.8, 4) is 17.0 Å². The maximum absolute atomic E-state index is 12.0. The van der Waals surface area contributed by atoms with Crippen molar-refractivity contribution in [3.05, 3.63) is 42.4 Å². The van der Waals surface area contributed by atoms with Crippen LogP contribution in [-0.2, 0) is 4.74 Å². The number of aromatic nitrogens is 3. The van der Waals surface area contributed by atoms with Gasteiger partial charge in [-0.1, -0.05) is 12.1 Å². The summed E-state index contributed by atoms with van der Waals surface area (Å²) >= 11 is 0. The molecular formula is C15H13N3O3. The minimum absolute atomic E-state index is 0.132. The molecule has 3 rings (SSSR count). The van der Waals surface area contributed by atoms with E-state index in [9.17, 15) is 9.90 Å². The van der Waals surface area contributed by atoms with E-state index in [2.05, 4.69) is 15.0 Å². The minimum Gasteiger partial charge on any atom is -0.508 e. The normalized spacial score (nSPS) is 10.7. The molecule has 0 fully saturated rings. The van der Waals surface area contributed by atoms with Crippen LogP contribution in [0.15, 0.2) is 36.8 Å². The highest BCUT2D eigenvalue weighted by molar-refractivity contribution is 6.08. The molecule has 21 heavy (non-hydrogen) atoms. The van der Waals surface area contributed by atoms with Gasteiger partial charge in [0.05, 0.1) is 23.3 Å². The van der Waals surface area contributed by atoms with Crippen molar-refractivity contribution in [1.82, 2.24) is 15.0 Å². The van der Waals surface area contributed by atoms with E-state index in [1.54, 1.807) is 31.3 Å².